The van der Waals surface area contributed by atoms with Crippen molar-refractivity contribution >= 4 is 17.6 Å². The maximum atomic E-state index is 11.0. The van der Waals surface area contributed by atoms with Gasteiger partial charge in [-0.15, -0.1) is 11.3 Å². The molecule has 2 aromatic heterocycles. The summed E-state index contributed by atoms with van der Waals surface area (Å²) in [5.41, 5.74) is 1.76. The van der Waals surface area contributed by atoms with Crippen LogP contribution in [0, 0.1) is 6.92 Å². The molecule has 0 saturated carbocycles. The van der Waals surface area contributed by atoms with Crippen LogP contribution in [-0.4, -0.2) is 42.2 Å². The lowest BCUT2D eigenvalue weighted by Crippen LogP contribution is -2.35. The highest BCUT2D eigenvalue weighted by atomic mass is 32.1. The van der Waals surface area contributed by atoms with Crippen molar-refractivity contribution in [3.8, 4) is 11.5 Å². The molecule has 0 aliphatic heterocycles. The van der Waals surface area contributed by atoms with Crippen LogP contribution in [0.15, 0.2) is 52.5 Å². The molecule has 1 unspecified atom stereocenters. The number of hydrogen-bond donors (Lipinski definition) is 1. The number of aliphatic hydroxyl groups is 1. The molecule has 0 saturated heterocycles. The van der Waals surface area contributed by atoms with Crippen LogP contribution >= 0.6 is 11.3 Å². The smallest absolute Gasteiger partial charge is 0.161 e. The maximum Gasteiger partial charge on any atom is 0.161 e. The number of aliphatic hydroxyl groups excluding tert-OH is 1. The standard InChI is InChI=1S/C23H27NO5S/c1-3-27-22-11-18(15-25)6-7-21(22)29-16-19(26)12-24(13-20-5-4-9-28-20)14-23-17(2)8-10-30-23/h4-11,15,19,26H,3,12-14,16H2,1-2H3. The highest BCUT2D eigenvalue weighted by Crippen LogP contribution is 2.28. The Hall–Kier alpha value is -2.61. The molecule has 1 atom stereocenters. The fourth-order valence-electron chi connectivity index (χ4n) is 3.10. The molecule has 0 spiro atoms. The second-order valence-corrected chi connectivity index (χ2v) is 8.00. The van der Waals surface area contributed by atoms with Gasteiger partial charge in [0.25, 0.3) is 0 Å². The minimum absolute atomic E-state index is 0.110. The second kappa shape index (κ2) is 11.0. The Bertz CT molecular complexity index is 922. The van der Waals surface area contributed by atoms with E-state index in [2.05, 4.69) is 23.3 Å². The third kappa shape index (κ3) is 6.19. The van der Waals surface area contributed by atoms with E-state index in [1.54, 1.807) is 35.8 Å². The number of hydrogen-bond acceptors (Lipinski definition) is 7. The van der Waals surface area contributed by atoms with E-state index in [1.165, 1.54) is 10.4 Å². The van der Waals surface area contributed by atoms with Crippen molar-refractivity contribution in [2.75, 3.05) is 19.8 Å². The average molecular weight is 430 g/mol. The monoisotopic (exact) mass is 429 g/mol. The molecule has 160 valence electrons. The molecule has 0 aliphatic carbocycles. The number of rotatable bonds is 12. The van der Waals surface area contributed by atoms with E-state index >= 15 is 0 Å². The van der Waals surface area contributed by atoms with Crippen LogP contribution in [0.2, 0.25) is 0 Å². The molecular formula is C23H27NO5S. The van der Waals surface area contributed by atoms with Crippen LogP contribution in [0.4, 0.5) is 0 Å². The normalized spacial score (nSPS) is 12.1. The molecule has 1 N–H and O–H groups in total. The molecule has 1 aromatic carbocycles. The predicted molar refractivity (Wildman–Crippen MR) is 116 cm³/mol. The number of aldehydes is 1. The summed E-state index contributed by atoms with van der Waals surface area (Å²) in [4.78, 5) is 14.4. The fraction of sp³-hybridized carbons (Fsp3) is 0.348. The van der Waals surface area contributed by atoms with Crippen molar-refractivity contribution < 1.29 is 23.8 Å². The first-order chi connectivity index (χ1) is 14.6. The molecule has 6 nitrogen and oxygen atoms in total. The van der Waals surface area contributed by atoms with Gasteiger partial charge >= 0.3 is 0 Å². The minimum atomic E-state index is -0.708. The van der Waals surface area contributed by atoms with Gasteiger partial charge in [0.15, 0.2) is 11.5 Å². The van der Waals surface area contributed by atoms with Crippen molar-refractivity contribution in [3.05, 3.63) is 69.8 Å². The zero-order chi connectivity index (χ0) is 21.3. The van der Waals surface area contributed by atoms with E-state index < -0.39 is 6.10 Å². The summed E-state index contributed by atoms with van der Waals surface area (Å²) in [6.45, 7) is 6.27. The summed E-state index contributed by atoms with van der Waals surface area (Å²) < 4.78 is 16.9. The Morgan fingerprint density at radius 2 is 2.07 bits per heavy atom. The summed E-state index contributed by atoms with van der Waals surface area (Å²) in [7, 11) is 0. The third-order valence-electron chi connectivity index (χ3n) is 4.60. The van der Waals surface area contributed by atoms with Crippen molar-refractivity contribution in [1.82, 2.24) is 4.90 Å². The average Bonchev–Trinajstić information content (AvgIpc) is 3.39. The molecule has 0 amide bonds. The molecule has 0 aliphatic rings. The summed E-state index contributed by atoms with van der Waals surface area (Å²) in [5.74, 6) is 1.85. The zero-order valence-corrected chi connectivity index (χ0v) is 18.1. The number of furan rings is 1. The van der Waals surface area contributed by atoms with Gasteiger partial charge in [-0.05, 0) is 61.2 Å². The molecule has 3 aromatic rings. The quantitative estimate of drug-likeness (QED) is 0.433. The summed E-state index contributed by atoms with van der Waals surface area (Å²) in [6, 6.07) is 10.9. The number of aryl methyl sites for hydroxylation is 1. The van der Waals surface area contributed by atoms with Gasteiger partial charge in [0, 0.05) is 23.5 Å². The Morgan fingerprint density at radius 3 is 2.73 bits per heavy atom. The minimum Gasteiger partial charge on any atom is -0.490 e. The molecule has 0 bridgehead atoms. The zero-order valence-electron chi connectivity index (χ0n) is 17.2. The van der Waals surface area contributed by atoms with Crippen LogP contribution in [0.1, 0.15) is 33.5 Å². The second-order valence-electron chi connectivity index (χ2n) is 7.00. The van der Waals surface area contributed by atoms with E-state index in [0.29, 0.717) is 36.8 Å². The van der Waals surface area contributed by atoms with Gasteiger partial charge in [-0.3, -0.25) is 9.69 Å². The maximum absolute atomic E-state index is 11.0. The van der Waals surface area contributed by atoms with Crippen LogP contribution in [0.3, 0.4) is 0 Å². The number of nitrogens with zero attached hydrogens (tertiary/aromatic N) is 1. The molecular weight excluding hydrogens is 402 g/mol. The SMILES string of the molecule is CCOc1cc(C=O)ccc1OCC(O)CN(Cc1ccco1)Cc1sccc1C. The lowest BCUT2D eigenvalue weighted by atomic mass is 10.2. The van der Waals surface area contributed by atoms with Gasteiger partial charge in [-0.2, -0.15) is 0 Å². The summed E-state index contributed by atoms with van der Waals surface area (Å²) in [6.07, 6.45) is 1.71. The highest BCUT2D eigenvalue weighted by molar-refractivity contribution is 7.10. The lowest BCUT2D eigenvalue weighted by molar-refractivity contribution is 0.0596. The number of benzene rings is 1. The van der Waals surface area contributed by atoms with Crippen molar-refractivity contribution in [2.45, 2.75) is 33.0 Å². The number of carbonyl (C=O) groups excluding carboxylic acids is 1. The number of ether oxygens (including phenoxy) is 2. The third-order valence-corrected chi connectivity index (χ3v) is 5.61. The Morgan fingerprint density at radius 1 is 1.20 bits per heavy atom. The Labute approximate surface area is 180 Å². The number of thiophene rings is 1. The van der Waals surface area contributed by atoms with Gasteiger partial charge in [-0.25, -0.2) is 0 Å². The van der Waals surface area contributed by atoms with Crippen LogP contribution < -0.4 is 9.47 Å². The van der Waals surface area contributed by atoms with E-state index in [1.807, 2.05) is 19.1 Å². The van der Waals surface area contributed by atoms with Gasteiger partial charge in [0.2, 0.25) is 0 Å². The Kier molecular flexibility index (Phi) is 8.07. The number of carbonyl (C=O) groups is 1. The van der Waals surface area contributed by atoms with Gasteiger partial charge < -0.3 is 19.0 Å². The topological polar surface area (TPSA) is 72.1 Å². The van der Waals surface area contributed by atoms with Gasteiger partial charge in [0.1, 0.15) is 24.8 Å². The molecule has 30 heavy (non-hydrogen) atoms. The molecule has 2 heterocycles. The van der Waals surface area contributed by atoms with E-state index in [9.17, 15) is 9.90 Å². The first-order valence-corrected chi connectivity index (χ1v) is 10.8. The molecule has 0 fully saturated rings. The lowest BCUT2D eigenvalue weighted by Gasteiger charge is -2.24. The van der Waals surface area contributed by atoms with Crippen LogP contribution in [0.5, 0.6) is 11.5 Å². The van der Waals surface area contributed by atoms with Crippen molar-refractivity contribution in [3.63, 3.8) is 0 Å². The first kappa shape index (κ1) is 22.1. The van der Waals surface area contributed by atoms with Crippen LogP contribution in [-0.2, 0) is 13.1 Å². The summed E-state index contributed by atoms with van der Waals surface area (Å²) in [5, 5.41) is 12.7. The largest absolute Gasteiger partial charge is 0.490 e. The summed E-state index contributed by atoms with van der Waals surface area (Å²) >= 11 is 1.71. The predicted octanol–water partition coefficient (Wildman–Crippen LogP) is 4.30. The molecule has 0 radical (unpaired) electrons. The highest BCUT2D eigenvalue weighted by Gasteiger charge is 2.17. The Balaban J connectivity index is 1.63. The van der Waals surface area contributed by atoms with Crippen LogP contribution in [0.25, 0.3) is 0 Å². The van der Waals surface area contributed by atoms with E-state index in [0.717, 1.165) is 18.6 Å². The van der Waals surface area contributed by atoms with Crippen molar-refractivity contribution in [1.29, 1.82) is 0 Å². The van der Waals surface area contributed by atoms with Crippen molar-refractivity contribution in [2.24, 2.45) is 0 Å². The fourth-order valence-corrected chi connectivity index (χ4v) is 4.05. The van der Waals surface area contributed by atoms with E-state index in [-0.39, 0.29) is 6.61 Å². The van der Waals surface area contributed by atoms with Gasteiger partial charge in [-0.1, -0.05) is 0 Å². The first-order valence-electron chi connectivity index (χ1n) is 9.89. The molecule has 7 heteroatoms. The van der Waals surface area contributed by atoms with E-state index in [4.69, 9.17) is 13.9 Å². The van der Waals surface area contributed by atoms with Gasteiger partial charge in [0.05, 0.1) is 19.4 Å². The molecule has 3 rings (SSSR count).